The summed E-state index contributed by atoms with van der Waals surface area (Å²) >= 11 is 0. The average Bonchev–Trinajstić information content (AvgIpc) is 2.66. The third kappa shape index (κ3) is 2.60. The fraction of sp³-hybridized carbons (Fsp3) is 0.636. The number of methoxy groups -OCH3 is 1. The molecule has 4 unspecified atom stereocenters. The van der Waals surface area contributed by atoms with Gasteiger partial charge in [-0.1, -0.05) is 0 Å². The summed E-state index contributed by atoms with van der Waals surface area (Å²) in [5, 5.41) is 10.0. The zero-order valence-electron chi connectivity index (χ0n) is 10.3. The van der Waals surface area contributed by atoms with Crippen LogP contribution in [0.3, 0.4) is 0 Å². The number of nitrogens with one attached hydrogen (secondary N) is 1. The first-order chi connectivity index (χ1) is 9.08. The van der Waals surface area contributed by atoms with Crippen LogP contribution >= 0.6 is 0 Å². The van der Waals surface area contributed by atoms with Gasteiger partial charge in [-0.05, 0) is 0 Å². The molecule has 0 amide bonds. The lowest BCUT2D eigenvalue weighted by atomic mass is 10.00. The molecule has 0 saturated carbocycles. The maximum absolute atomic E-state index is 12.9. The first-order valence-corrected chi connectivity index (χ1v) is 5.78. The van der Waals surface area contributed by atoms with E-state index in [-0.39, 0.29) is 6.61 Å². The van der Waals surface area contributed by atoms with Gasteiger partial charge in [0.15, 0.2) is 6.23 Å². The predicted molar refractivity (Wildman–Crippen MR) is 62.6 cm³/mol. The van der Waals surface area contributed by atoms with Gasteiger partial charge < -0.3 is 14.6 Å². The van der Waals surface area contributed by atoms with Crippen LogP contribution in [0.2, 0.25) is 0 Å². The number of alkyl halides is 1. The largest absolute Gasteiger partial charge is 0.388 e. The van der Waals surface area contributed by atoms with Crippen molar-refractivity contribution < 1.29 is 19.0 Å². The minimum atomic E-state index is -1.19. The number of H-pyrrole nitrogens is 1. The number of aromatic amines is 1. The molecule has 1 aromatic rings. The molecule has 1 aliphatic rings. The van der Waals surface area contributed by atoms with E-state index in [9.17, 15) is 19.1 Å². The zero-order chi connectivity index (χ0) is 14.0. The monoisotopic (exact) mass is 274 g/mol. The van der Waals surface area contributed by atoms with Crippen molar-refractivity contribution in [2.24, 2.45) is 5.92 Å². The molecule has 2 heterocycles. The second-order valence-electron chi connectivity index (χ2n) is 4.35. The lowest BCUT2D eigenvalue weighted by Gasteiger charge is -2.17. The van der Waals surface area contributed by atoms with Crippen molar-refractivity contribution in [1.29, 1.82) is 0 Å². The van der Waals surface area contributed by atoms with Crippen LogP contribution in [0.15, 0.2) is 21.9 Å². The summed E-state index contributed by atoms with van der Waals surface area (Å²) in [6.45, 7) is -0.677. The molecule has 2 rings (SSSR count). The molecule has 0 spiro atoms. The number of aliphatic hydroxyl groups is 1. The van der Waals surface area contributed by atoms with Gasteiger partial charge in [0.25, 0.3) is 5.56 Å². The molecule has 7 nitrogen and oxygen atoms in total. The molecule has 0 aromatic carbocycles. The number of hydrogen-bond donors (Lipinski definition) is 2. The average molecular weight is 274 g/mol. The summed E-state index contributed by atoms with van der Waals surface area (Å²) < 4.78 is 24.3. The van der Waals surface area contributed by atoms with E-state index < -0.39 is 42.3 Å². The lowest BCUT2D eigenvalue weighted by Crippen LogP contribution is -2.36. The molecule has 4 atom stereocenters. The van der Waals surface area contributed by atoms with Gasteiger partial charge in [-0.15, -0.1) is 0 Å². The van der Waals surface area contributed by atoms with Gasteiger partial charge in [-0.2, -0.15) is 0 Å². The van der Waals surface area contributed by atoms with Crippen LogP contribution in [0, 0.1) is 5.92 Å². The molecule has 106 valence electrons. The molecule has 8 heteroatoms. The fourth-order valence-electron chi connectivity index (χ4n) is 2.17. The topological polar surface area (TPSA) is 93.5 Å². The van der Waals surface area contributed by atoms with Crippen molar-refractivity contribution >= 4 is 0 Å². The normalized spacial score (nSPS) is 30.7. The first kappa shape index (κ1) is 13.9. The van der Waals surface area contributed by atoms with Gasteiger partial charge >= 0.3 is 5.69 Å². The summed E-state index contributed by atoms with van der Waals surface area (Å²) in [7, 11) is 1.44. The van der Waals surface area contributed by atoms with E-state index in [1.807, 2.05) is 0 Å². The Hall–Kier alpha value is -1.51. The van der Waals surface area contributed by atoms with E-state index in [0.29, 0.717) is 0 Å². The molecule has 0 bridgehead atoms. The Morgan fingerprint density at radius 2 is 2.32 bits per heavy atom. The lowest BCUT2D eigenvalue weighted by molar-refractivity contribution is -0.0592. The van der Waals surface area contributed by atoms with Crippen molar-refractivity contribution in [3.63, 3.8) is 0 Å². The second kappa shape index (κ2) is 5.64. The van der Waals surface area contributed by atoms with Crippen LogP contribution in [0.1, 0.15) is 6.23 Å². The number of halogens is 1. The van der Waals surface area contributed by atoms with Crippen LogP contribution in [-0.4, -0.2) is 47.3 Å². The highest BCUT2D eigenvalue weighted by Crippen LogP contribution is 2.33. The number of nitrogens with zero attached hydrogens (tertiary/aromatic N) is 1. The number of aromatic nitrogens is 2. The fourth-order valence-corrected chi connectivity index (χ4v) is 2.17. The SMILES string of the molecule is COCC1OC(n2ccc(=O)[nH]c2=O)C(O)C1CF. The van der Waals surface area contributed by atoms with E-state index in [4.69, 9.17) is 9.47 Å². The minimum absolute atomic E-state index is 0.111. The number of ether oxygens (including phenoxy) is 2. The highest BCUT2D eigenvalue weighted by molar-refractivity contribution is 4.92. The first-order valence-electron chi connectivity index (χ1n) is 5.78. The maximum atomic E-state index is 12.9. The third-order valence-electron chi connectivity index (χ3n) is 3.16. The van der Waals surface area contributed by atoms with E-state index in [0.717, 1.165) is 10.6 Å². The predicted octanol–water partition coefficient (Wildman–Crippen LogP) is -0.973. The summed E-state index contributed by atoms with van der Waals surface area (Å²) in [6, 6.07) is 1.13. The van der Waals surface area contributed by atoms with E-state index in [2.05, 4.69) is 4.98 Å². The van der Waals surface area contributed by atoms with Crippen molar-refractivity contribution in [2.75, 3.05) is 20.4 Å². The van der Waals surface area contributed by atoms with Crippen LogP contribution in [0.5, 0.6) is 0 Å². The maximum Gasteiger partial charge on any atom is 0.330 e. The smallest absolute Gasteiger partial charge is 0.330 e. The van der Waals surface area contributed by atoms with Crippen molar-refractivity contribution in [3.8, 4) is 0 Å². The molecule has 0 radical (unpaired) electrons. The van der Waals surface area contributed by atoms with Crippen LogP contribution < -0.4 is 11.2 Å². The second-order valence-corrected chi connectivity index (χ2v) is 4.35. The number of rotatable bonds is 4. The molecule has 2 N–H and O–H groups in total. The molecule has 0 aliphatic carbocycles. The van der Waals surface area contributed by atoms with Crippen molar-refractivity contribution in [2.45, 2.75) is 18.4 Å². The molecule has 1 aromatic heterocycles. The number of hydrogen-bond acceptors (Lipinski definition) is 5. The highest BCUT2D eigenvalue weighted by atomic mass is 19.1. The highest BCUT2D eigenvalue weighted by Gasteiger charge is 2.44. The van der Waals surface area contributed by atoms with E-state index in [1.54, 1.807) is 0 Å². The Morgan fingerprint density at radius 1 is 1.58 bits per heavy atom. The molecule has 1 fully saturated rings. The Labute approximate surface area is 107 Å². The van der Waals surface area contributed by atoms with Crippen LogP contribution in [0.25, 0.3) is 0 Å². The molecule has 1 saturated heterocycles. The molecule has 19 heavy (non-hydrogen) atoms. The minimum Gasteiger partial charge on any atom is -0.388 e. The molecule has 1 aliphatic heterocycles. The third-order valence-corrected chi connectivity index (χ3v) is 3.16. The van der Waals surface area contributed by atoms with Gasteiger partial charge in [0.2, 0.25) is 0 Å². The van der Waals surface area contributed by atoms with Gasteiger partial charge in [0.05, 0.1) is 19.4 Å². The summed E-state index contributed by atoms with van der Waals surface area (Å²) in [4.78, 5) is 24.6. The Morgan fingerprint density at radius 3 is 2.89 bits per heavy atom. The Kier molecular flexibility index (Phi) is 4.13. The van der Waals surface area contributed by atoms with Crippen molar-refractivity contribution in [3.05, 3.63) is 33.1 Å². The Balaban J connectivity index is 2.30. The van der Waals surface area contributed by atoms with Crippen LogP contribution in [-0.2, 0) is 9.47 Å². The van der Waals surface area contributed by atoms with Gasteiger partial charge in [0.1, 0.15) is 6.10 Å². The quantitative estimate of drug-likeness (QED) is 0.736. The molecular weight excluding hydrogens is 259 g/mol. The van der Waals surface area contributed by atoms with E-state index in [1.165, 1.54) is 13.3 Å². The van der Waals surface area contributed by atoms with Gasteiger partial charge in [0, 0.05) is 25.3 Å². The van der Waals surface area contributed by atoms with E-state index >= 15 is 0 Å². The Bertz CT molecular complexity index is 542. The van der Waals surface area contributed by atoms with Crippen molar-refractivity contribution in [1.82, 2.24) is 9.55 Å². The summed E-state index contributed by atoms with van der Waals surface area (Å²) in [6.07, 6.45) is -1.66. The van der Waals surface area contributed by atoms with Gasteiger partial charge in [-0.25, -0.2) is 4.79 Å². The molecular formula is C11H15FN2O5. The summed E-state index contributed by atoms with van der Waals surface area (Å²) in [5.41, 5.74) is -1.27. The standard InChI is InChI=1S/C11H15FN2O5/c1-18-5-7-6(4-12)9(16)10(19-7)14-3-2-8(15)13-11(14)17/h2-3,6-7,9-10,16H,4-5H2,1H3,(H,13,15,17). The summed E-state index contributed by atoms with van der Waals surface area (Å²) in [5.74, 6) is -0.774. The van der Waals surface area contributed by atoms with Gasteiger partial charge in [-0.3, -0.25) is 18.7 Å². The van der Waals surface area contributed by atoms with Crippen LogP contribution in [0.4, 0.5) is 4.39 Å². The zero-order valence-corrected chi connectivity index (χ0v) is 10.3. The number of aliphatic hydroxyl groups excluding tert-OH is 1.